The van der Waals surface area contributed by atoms with Gasteiger partial charge in [0.05, 0.1) is 19.3 Å². The fourth-order valence-electron chi connectivity index (χ4n) is 4.13. The van der Waals surface area contributed by atoms with Crippen LogP contribution in [0.2, 0.25) is 0 Å². The van der Waals surface area contributed by atoms with Crippen LogP contribution in [-0.4, -0.2) is 23.3 Å². The second-order valence-electron chi connectivity index (χ2n) is 6.42. The summed E-state index contributed by atoms with van der Waals surface area (Å²) in [7, 11) is 0. The van der Waals surface area contributed by atoms with Crippen molar-refractivity contribution in [2.45, 2.75) is 26.9 Å². The summed E-state index contributed by atoms with van der Waals surface area (Å²) < 4.78 is 6.20. The summed E-state index contributed by atoms with van der Waals surface area (Å²) in [4.78, 5) is 4.22. The molecule has 1 saturated heterocycles. The lowest BCUT2D eigenvalue weighted by atomic mass is 9.56. The van der Waals surface area contributed by atoms with Crippen molar-refractivity contribution in [3.8, 4) is 0 Å². The molecule has 0 saturated carbocycles. The number of nitrogens with zero attached hydrogens (tertiary/aromatic N) is 1. The summed E-state index contributed by atoms with van der Waals surface area (Å²) in [6, 6.07) is 4.05. The van der Waals surface area contributed by atoms with Crippen LogP contribution in [0.3, 0.4) is 0 Å². The van der Waals surface area contributed by atoms with E-state index in [1.807, 2.05) is 12.3 Å². The van der Waals surface area contributed by atoms with Crippen LogP contribution in [0.4, 0.5) is 0 Å². The van der Waals surface area contributed by atoms with E-state index in [-0.39, 0.29) is 18.1 Å². The molecule has 2 bridgehead atoms. The first-order chi connectivity index (χ1) is 9.60. The van der Waals surface area contributed by atoms with E-state index in [9.17, 15) is 5.11 Å². The maximum atomic E-state index is 9.96. The molecule has 1 aliphatic heterocycles. The van der Waals surface area contributed by atoms with E-state index < -0.39 is 0 Å². The SMILES string of the molecule is CC1=C[C@@H](C)[C@@]2(CO)CO[C@@H](c3cccnc3)[C@@H]1[C@@H]2C. The van der Waals surface area contributed by atoms with Crippen LogP contribution in [0.5, 0.6) is 0 Å². The predicted molar refractivity (Wildman–Crippen MR) is 78.0 cm³/mol. The Bertz CT molecular complexity index is 513. The van der Waals surface area contributed by atoms with Gasteiger partial charge < -0.3 is 9.84 Å². The average Bonchev–Trinajstić information content (AvgIpc) is 2.46. The molecule has 0 radical (unpaired) electrons. The molecule has 0 aromatic carbocycles. The highest BCUT2D eigenvalue weighted by atomic mass is 16.5. The first-order valence-corrected chi connectivity index (χ1v) is 7.41. The highest BCUT2D eigenvalue weighted by Crippen LogP contribution is 2.55. The number of hydrogen-bond acceptors (Lipinski definition) is 3. The van der Waals surface area contributed by atoms with Crippen LogP contribution in [0.1, 0.15) is 32.4 Å². The number of aliphatic hydroxyl groups excluding tert-OH is 1. The van der Waals surface area contributed by atoms with Gasteiger partial charge in [-0.3, -0.25) is 4.98 Å². The molecule has 1 fully saturated rings. The number of allylic oxidation sites excluding steroid dienone is 1. The molecular formula is C17H23NO2. The number of pyridine rings is 1. The maximum Gasteiger partial charge on any atom is 0.0907 e. The molecule has 5 atom stereocenters. The molecule has 0 amide bonds. The molecule has 2 aliphatic rings. The summed E-state index contributed by atoms with van der Waals surface area (Å²) in [6.45, 7) is 7.46. The molecule has 108 valence electrons. The first-order valence-electron chi connectivity index (χ1n) is 7.41. The highest BCUT2D eigenvalue weighted by Gasteiger charge is 2.53. The average molecular weight is 273 g/mol. The van der Waals surface area contributed by atoms with E-state index in [1.54, 1.807) is 6.20 Å². The third-order valence-electron chi connectivity index (χ3n) is 5.56. The Kier molecular flexibility index (Phi) is 3.43. The fraction of sp³-hybridized carbons (Fsp3) is 0.588. The summed E-state index contributed by atoms with van der Waals surface area (Å²) in [5.41, 5.74) is 2.38. The van der Waals surface area contributed by atoms with Crippen LogP contribution < -0.4 is 0 Å². The van der Waals surface area contributed by atoms with E-state index in [4.69, 9.17) is 4.74 Å². The fourth-order valence-corrected chi connectivity index (χ4v) is 4.13. The smallest absolute Gasteiger partial charge is 0.0907 e. The summed E-state index contributed by atoms with van der Waals surface area (Å²) in [5.74, 6) is 1.09. The summed E-state index contributed by atoms with van der Waals surface area (Å²) >= 11 is 0. The number of ether oxygens (including phenoxy) is 1. The lowest BCUT2D eigenvalue weighted by molar-refractivity contribution is -0.165. The zero-order valence-corrected chi connectivity index (χ0v) is 12.4. The molecule has 2 heterocycles. The molecular weight excluding hydrogens is 250 g/mol. The molecule has 1 aliphatic carbocycles. The lowest BCUT2D eigenvalue weighted by Crippen LogP contribution is -2.53. The van der Waals surface area contributed by atoms with Gasteiger partial charge in [-0.1, -0.05) is 31.6 Å². The van der Waals surface area contributed by atoms with Gasteiger partial charge in [0.1, 0.15) is 0 Å². The van der Waals surface area contributed by atoms with E-state index in [0.717, 1.165) is 5.56 Å². The molecule has 1 aromatic heterocycles. The lowest BCUT2D eigenvalue weighted by Gasteiger charge is -2.55. The van der Waals surface area contributed by atoms with Crippen molar-refractivity contribution in [1.82, 2.24) is 4.98 Å². The molecule has 3 heteroatoms. The Hall–Kier alpha value is -1.19. The van der Waals surface area contributed by atoms with Crippen molar-refractivity contribution in [3.63, 3.8) is 0 Å². The minimum absolute atomic E-state index is 0.0575. The molecule has 20 heavy (non-hydrogen) atoms. The third-order valence-corrected chi connectivity index (χ3v) is 5.56. The van der Waals surface area contributed by atoms with Crippen molar-refractivity contribution in [2.24, 2.45) is 23.2 Å². The first kappa shape index (κ1) is 13.8. The third kappa shape index (κ3) is 1.84. The van der Waals surface area contributed by atoms with Gasteiger partial charge in [0.25, 0.3) is 0 Å². The monoisotopic (exact) mass is 273 g/mol. The van der Waals surface area contributed by atoms with Gasteiger partial charge in [-0.2, -0.15) is 0 Å². The van der Waals surface area contributed by atoms with E-state index >= 15 is 0 Å². The Morgan fingerprint density at radius 1 is 1.45 bits per heavy atom. The Morgan fingerprint density at radius 2 is 2.25 bits per heavy atom. The van der Waals surface area contributed by atoms with Crippen molar-refractivity contribution in [3.05, 3.63) is 41.7 Å². The number of aliphatic hydroxyl groups is 1. The van der Waals surface area contributed by atoms with Crippen LogP contribution >= 0.6 is 0 Å². The molecule has 1 N–H and O–H groups in total. The largest absolute Gasteiger partial charge is 0.396 e. The molecule has 3 rings (SSSR count). The van der Waals surface area contributed by atoms with Crippen molar-refractivity contribution >= 4 is 0 Å². The quantitative estimate of drug-likeness (QED) is 0.842. The zero-order chi connectivity index (χ0) is 14.3. The van der Waals surface area contributed by atoms with Gasteiger partial charge in [0, 0.05) is 23.7 Å². The van der Waals surface area contributed by atoms with E-state index in [0.29, 0.717) is 24.4 Å². The van der Waals surface area contributed by atoms with Gasteiger partial charge in [-0.05, 0) is 30.4 Å². The Morgan fingerprint density at radius 3 is 2.90 bits per heavy atom. The second kappa shape index (κ2) is 4.97. The van der Waals surface area contributed by atoms with Crippen LogP contribution in [0.15, 0.2) is 36.2 Å². The number of fused-ring (bicyclic) bond motifs is 2. The minimum atomic E-state index is -0.136. The number of hydrogen-bond donors (Lipinski definition) is 1. The summed E-state index contributed by atoms with van der Waals surface area (Å²) in [5, 5.41) is 9.96. The van der Waals surface area contributed by atoms with E-state index in [2.05, 4.69) is 37.9 Å². The zero-order valence-electron chi connectivity index (χ0n) is 12.4. The highest BCUT2D eigenvalue weighted by molar-refractivity contribution is 5.26. The van der Waals surface area contributed by atoms with Crippen molar-refractivity contribution in [1.29, 1.82) is 0 Å². The van der Waals surface area contributed by atoms with Crippen LogP contribution in [-0.2, 0) is 4.74 Å². The topological polar surface area (TPSA) is 42.4 Å². The Labute approximate surface area is 120 Å². The Balaban J connectivity index is 2.02. The summed E-state index contributed by atoms with van der Waals surface area (Å²) in [6.07, 6.45) is 6.07. The second-order valence-corrected chi connectivity index (χ2v) is 6.42. The molecule has 0 spiro atoms. The van der Waals surface area contributed by atoms with Crippen molar-refractivity contribution < 1.29 is 9.84 Å². The number of rotatable bonds is 2. The van der Waals surface area contributed by atoms with E-state index in [1.165, 1.54) is 5.57 Å². The van der Waals surface area contributed by atoms with Gasteiger partial charge in [-0.25, -0.2) is 0 Å². The van der Waals surface area contributed by atoms with Crippen molar-refractivity contribution in [2.75, 3.05) is 13.2 Å². The minimum Gasteiger partial charge on any atom is -0.396 e. The predicted octanol–water partition coefficient (Wildman–Crippen LogP) is 2.98. The van der Waals surface area contributed by atoms with Gasteiger partial charge in [0.15, 0.2) is 0 Å². The normalized spacial score (nSPS) is 40.3. The molecule has 3 nitrogen and oxygen atoms in total. The number of aromatic nitrogens is 1. The van der Waals surface area contributed by atoms with Crippen LogP contribution in [0.25, 0.3) is 0 Å². The standard InChI is InChI=1S/C17H23NO2/c1-11-7-12(2)17(9-19)10-20-16(15(11)13(17)3)14-5-4-6-18-8-14/h4-8,12-13,15-16,19H,9-10H2,1-3H3/t12-,13+,15+,16+,17-/m1/s1. The van der Waals surface area contributed by atoms with Gasteiger partial charge in [-0.15, -0.1) is 0 Å². The van der Waals surface area contributed by atoms with Gasteiger partial charge in [0.2, 0.25) is 0 Å². The maximum absolute atomic E-state index is 9.96. The molecule has 0 unspecified atom stereocenters. The van der Waals surface area contributed by atoms with Crippen LogP contribution in [0, 0.1) is 23.2 Å². The van der Waals surface area contributed by atoms with Gasteiger partial charge >= 0.3 is 0 Å². The molecule has 1 aromatic rings.